The second-order valence-electron chi connectivity index (χ2n) is 5.96. The lowest BCUT2D eigenvalue weighted by Gasteiger charge is -2.15. The molecule has 2 aliphatic rings. The van der Waals surface area contributed by atoms with E-state index >= 15 is 0 Å². The fourth-order valence-electron chi connectivity index (χ4n) is 2.59. The maximum Gasteiger partial charge on any atom is 0.293 e. The van der Waals surface area contributed by atoms with E-state index in [4.69, 9.17) is 0 Å². The number of hydrogen-bond donors (Lipinski definition) is 0. The Balaban J connectivity index is 0.000000171. The van der Waals surface area contributed by atoms with E-state index in [1.54, 1.807) is 41.3 Å². The van der Waals surface area contributed by atoms with Crippen LogP contribution in [-0.4, -0.2) is 61.5 Å². The van der Waals surface area contributed by atoms with Crippen molar-refractivity contribution in [1.82, 2.24) is 19.6 Å². The van der Waals surface area contributed by atoms with Gasteiger partial charge in [-0.15, -0.1) is 23.5 Å². The van der Waals surface area contributed by atoms with E-state index in [1.165, 1.54) is 18.0 Å². The van der Waals surface area contributed by atoms with Crippen LogP contribution in [0.25, 0.3) is 0 Å². The molecule has 0 aromatic carbocycles. The van der Waals surface area contributed by atoms with Crippen LogP contribution in [0.3, 0.4) is 0 Å². The first kappa shape index (κ1) is 22.9. The minimum Gasteiger partial charge on any atom is -0.468 e. The van der Waals surface area contributed by atoms with Crippen LogP contribution in [0.1, 0.15) is 39.0 Å². The van der Waals surface area contributed by atoms with Crippen LogP contribution in [0.15, 0.2) is 12.4 Å². The van der Waals surface area contributed by atoms with Gasteiger partial charge in [0.2, 0.25) is 0 Å². The van der Waals surface area contributed by atoms with E-state index in [0.717, 1.165) is 22.7 Å². The van der Waals surface area contributed by atoms with Gasteiger partial charge in [-0.25, -0.2) is 0 Å². The fourth-order valence-corrected chi connectivity index (χ4v) is 4.61. The van der Waals surface area contributed by atoms with E-state index in [0.29, 0.717) is 36.4 Å². The van der Waals surface area contributed by atoms with Crippen LogP contribution in [0.2, 0.25) is 0 Å². The van der Waals surface area contributed by atoms with Crippen LogP contribution in [0, 0.1) is 0 Å². The molecular weight excluding hydrogens is 416 g/mol. The number of aromatic nitrogens is 4. The highest BCUT2D eigenvalue weighted by Gasteiger charge is 2.29. The highest BCUT2D eigenvalue weighted by atomic mass is 32.2. The third-order valence-corrected chi connectivity index (χ3v) is 6.25. The Kier molecular flexibility index (Phi) is 8.65. The molecule has 1 unspecified atom stereocenters. The number of carbonyl (C=O) groups is 4. The number of carbonyl (C=O) groups excluding carboxylic acids is 4. The molecule has 0 bridgehead atoms. The molecule has 0 radical (unpaired) electrons. The third-order valence-electron chi connectivity index (χ3n) is 4.18. The van der Waals surface area contributed by atoms with Crippen molar-refractivity contribution in [3.8, 4) is 0 Å². The summed E-state index contributed by atoms with van der Waals surface area (Å²) in [4.78, 5) is 42.5. The molecule has 156 valence electrons. The molecule has 1 atom stereocenters. The number of aldehydes is 1. The summed E-state index contributed by atoms with van der Waals surface area (Å²) in [6.45, 7) is 2.66. The zero-order valence-corrected chi connectivity index (χ0v) is 18.0. The largest absolute Gasteiger partial charge is 0.468 e. The van der Waals surface area contributed by atoms with Gasteiger partial charge < -0.3 is 9.53 Å². The molecule has 11 heteroatoms. The first-order valence-electron chi connectivity index (χ1n) is 8.73. The Morgan fingerprint density at radius 2 is 1.69 bits per heavy atom. The van der Waals surface area contributed by atoms with Crippen LogP contribution < -0.4 is 0 Å². The van der Waals surface area contributed by atoms with Gasteiger partial charge in [0.05, 0.1) is 47.3 Å². The molecule has 4 rings (SSSR count). The molecule has 0 spiro atoms. The molecule has 0 saturated carbocycles. The number of ketones is 2. The summed E-state index contributed by atoms with van der Waals surface area (Å²) in [6, 6.07) is 0. The highest BCUT2D eigenvalue weighted by molar-refractivity contribution is 8.00. The quantitative estimate of drug-likeness (QED) is 0.519. The fraction of sp³-hybridized carbons (Fsp3) is 0.444. The summed E-state index contributed by atoms with van der Waals surface area (Å²) in [5, 5.41) is 7.48. The minimum atomic E-state index is -0.531. The van der Waals surface area contributed by atoms with Crippen LogP contribution in [-0.2, 0) is 39.9 Å². The molecular formula is C18H22N4O5S2. The third kappa shape index (κ3) is 5.57. The molecule has 0 saturated heterocycles. The van der Waals surface area contributed by atoms with Gasteiger partial charge in [0.25, 0.3) is 6.47 Å². The van der Waals surface area contributed by atoms with Gasteiger partial charge in [-0.1, -0.05) is 0 Å². The Hall–Kier alpha value is -2.40. The number of aryl methyl sites for hydroxylation is 2. The number of nitrogens with zero attached hydrogens (tertiary/aromatic N) is 4. The maximum absolute atomic E-state index is 11.6. The second kappa shape index (κ2) is 11.0. The van der Waals surface area contributed by atoms with Crippen molar-refractivity contribution in [2.24, 2.45) is 14.1 Å². The Bertz CT molecular complexity index is 893. The summed E-state index contributed by atoms with van der Waals surface area (Å²) in [7, 11) is 3.67. The number of rotatable bonds is 3. The van der Waals surface area contributed by atoms with Gasteiger partial charge in [-0.3, -0.25) is 23.7 Å². The SMILES string of the molecule is CCOC=O.Cn1ncc2c1CSC(C=O)C2=O.Cn1ncc2c1CSCC2=O. The van der Waals surface area contributed by atoms with Gasteiger partial charge >= 0.3 is 0 Å². The topological polar surface area (TPSA) is 113 Å². The molecule has 29 heavy (non-hydrogen) atoms. The van der Waals surface area contributed by atoms with E-state index in [9.17, 15) is 19.2 Å². The first-order valence-corrected chi connectivity index (χ1v) is 10.9. The van der Waals surface area contributed by atoms with Crippen LogP contribution in [0.5, 0.6) is 0 Å². The molecule has 2 aliphatic heterocycles. The smallest absolute Gasteiger partial charge is 0.293 e. The molecule has 0 N–H and O–H groups in total. The van der Waals surface area contributed by atoms with E-state index in [-0.39, 0.29) is 11.6 Å². The minimum absolute atomic E-state index is 0.116. The Morgan fingerprint density at radius 3 is 2.21 bits per heavy atom. The van der Waals surface area contributed by atoms with Crippen molar-refractivity contribution in [2.45, 2.75) is 23.7 Å². The van der Waals surface area contributed by atoms with Gasteiger partial charge in [0.1, 0.15) is 11.5 Å². The van der Waals surface area contributed by atoms with E-state index in [1.807, 2.05) is 7.05 Å². The standard InChI is InChI=1S/C8H8N2O2S.C7H8N2OS.C3H6O2/c1-10-6-4-13-7(3-11)8(12)5(6)2-9-10;1-9-6-3-11-4-7(10)5(6)2-8-9;1-2-5-3-4/h2-3,7H,4H2,1H3;2H,3-4H2,1H3;3H,2H2,1H3. The molecule has 0 aliphatic carbocycles. The van der Waals surface area contributed by atoms with E-state index in [2.05, 4.69) is 14.9 Å². The van der Waals surface area contributed by atoms with Crippen molar-refractivity contribution >= 4 is 47.8 Å². The number of hydrogen-bond acceptors (Lipinski definition) is 9. The van der Waals surface area contributed by atoms with Crippen molar-refractivity contribution < 1.29 is 23.9 Å². The molecule has 9 nitrogen and oxygen atoms in total. The van der Waals surface area contributed by atoms with Crippen molar-refractivity contribution in [2.75, 3.05) is 12.4 Å². The lowest BCUT2D eigenvalue weighted by atomic mass is 10.1. The predicted octanol–water partition coefficient (Wildman–Crippen LogP) is 1.45. The molecule has 4 heterocycles. The zero-order valence-electron chi connectivity index (χ0n) is 16.4. The lowest BCUT2D eigenvalue weighted by molar-refractivity contribution is -0.128. The van der Waals surface area contributed by atoms with Gasteiger partial charge in [-0.05, 0) is 6.92 Å². The monoisotopic (exact) mass is 438 g/mol. The summed E-state index contributed by atoms with van der Waals surface area (Å²) in [5.41, 5.74) is 3.38. The predicted molar refractivity (Wildman–Crippen MR) is 110 cm³/mol. The summed E-state index contributed by atoms with van der Waals surface area (Å²) in [6.07, 6.45) is 3.90. The first-order chi connectivity index (χ1) is 13.9. The molecule has 2 aromatic heterocycles. The van der Waals surface area contributed by atoms with Gasteiger partial charge in [0.15, 0.2) is 11.6 Å². The summed E-state index contributed by atoms with van der Waals surface area (Å²) in [5.74, 6) is 2.30. The van der Waals surface area contributed by atoms with Crippen LogP contribution in [0.4, 0.5) is 0 Å². The Morgan fingerprint density at radius 1 is 1.07 bits per heavy atom. The average Bonchev–Trinajstić information content (AvgIpc) is 3.29. The van der Waals surface area contributed by atoms with Gasteiger partial charge in [0, 0.05) is 25.6 Å². The van der Waals surface area contributed by atoms with Gasteiger partial charge in [-0.2, -0.15) is 10.2 Å². The molecule has 0 fully saturated rings. The number of ether oxygens (including phenoxy) is 1. The van der Waals surface area contributed by atoms with Crippen molar-refractivity contribution in [3.63, 3.8) is 0 Å². The maximum atomic E-state index is 11.6. The average molecular weight is 439 g/mol. The number of thioether (sulfide) groups is 2. The summed E-state index contributed by atoms with van der Waals surface area (Å²) < 4.78 is 7.61. The number of fused-ring (bicyclic) bond motifs is 2. The van der Waals surface area contributed by atoms with Crippen LogP contribution >= 0.6 is 23.5 Å². The molecule has 0 amide bonds. The zero-order chi connectivity index (χ0) is 21.4. The Labute approximate surface area is 176 Å². The van der Waals surface area contributed by atoms with E-state index < -0.39 is 5.25 Å². The highest BCUT2D eigenvalue weighted by Crippen LogP contribution is 2.28. The summed E-state index contributed by atoms with van der Waals surface area (Å²) >= 11 is 3.01. The van der Waals surface area contributed by atoms with Crippen molar-refractivity contribution in [1.29, 1.82) is 0 Å². The van der Waals surface area contributed by atoms with Crippen molar-refractivity contribution in [3.05, 3.63) is 34.9 Å². The molecule has 2 aromatic rings. The number of Topliss-reactive ketones (excluding diaryl/α,β-unsaturated/α-hetero) is 2. The lowest BCUT2D eigenvalue weighted by Crippen LogP contribution is -2.24. The second-order valence-corrected chi connectivity index (χ2v) is 8.07. The normalized spacial score (nSPS) is 17.0.